The van der Waals surface area contributed by atoms with Gasteiger partial charge in [-0.25, -0.2) is 4.79 Å². The first kappa shape index (κ1) is 17.4. The highest BCUT2D eigenvalue weighted by Crippen LogP contribution is 2.64. The number of hydrogen-bond acceptors (Lipinski definition) is 3. The van der Waals surface area contributed by atoms with Gasteiger partial charge in [-0.3, -0.25) is 4.57 Å². The number of anilines is 1. The summed E-state index contributed by atoms with van der Waals surface area (Å²) in [5.41, 5.74) is 2.43. The van der Waals surface area contributed by atoms with E-state index in [1.807, 2.05) is 67.6 Å². The molecule has 6 heteroatoms. The summed E-state index contributed by atoms with van der Waals surface area (Å²) in [4.78, 5) is 12.6. The zero-order valence-corrected chi connectivity index (χ0v) is 15.6. The van der Waals surface area contributed by atoms with Crippen molar-refractivity contribution in [2.75, 3.05) is 5.32 Å². The molecule has 3 aromatic carbocycles. The van der Waals surface area contributed by atoms with Gasteiger partial charge in [0.15, 0.2) is 5.78 Å². The molecule has 27 heavy (non-hydrogen) atoms. The first-order valence-corrected chi connectivity index (χ1v) is 10.3. The lowest BCUT2D eigenvalue weighted by Gasteiger charge is -2.21. The van der Waals surface area contributed by atoms with Crippen molar-refractivity contribution in [3.05, 3.63) is 90.0 Å². The first-order chi connectivity index (χ1) is 13.1. The minimum absolute atomic E-state index is 0.429. The van der Waals surface area contributed by atoms with E-state index in [0.29, 0.717) is 22.3 Å². The third-order valence-electron chi connectivity index (χ3n) is 4.45. The van der Waals surface area contributed by atoms with E-state index in [4.69, 9.17) is 4.52 Å². The number of urea groups is 1. The predicted molar refractivity (Wildman–Crippen MR) is 107 cm³/mol. The second-order valence-corrected chi connectivity index (χ2v) is 8.84. The zero-order valence-electron chi connectivity index (χ0n) is 14.8. The summed E-state index contributed by atoms with van der Waals surface area (Å²) in [6.45, 7) is 1.95. The highest BCUT2D eigenvalue weighted by molar-refractivity contribution is 7.68. The van der Waals surface area contributed by atoms with Crippen molar-refractivity contribution in [2.24, 2.45) is 0 Å². The van der Waals surface area contributed by atoms with Crippen molar-refractivity contribution in [2.45, 2.75) is 12.7 Å². The smallest absolute Gasteiger partial charge is 0.320 e. The number of hydrogen-bond donors (Lipinski definition) is 2. The fourth-order valence-electron chi connectivity index (χ4n) is 3.19. The maximum atomic E-state index is 13.8. The van der Waals surface area contributed by atoms with Gasteiger partial charge >= 0.3 is 13.4 Å². The van der Waals surface area contributed by atoms with E-state index >= 15 is 0 Å². The number of amides is 2. The lowest BCUT2D eigenvalue weighted by atomic mass is 10.2. The van der Waals surface area contributed by atoms with Crippen LogP contribution in [-0.4, -0.2) is 6.03 Å². The topological polar surface area (TPSA) is 67.4 Å². The normalized spacial score (nSPS) is 20.4. The molecule has 0 spiro atoms. The van der Waals surface area contributed by atoms with Crippen LogP contribution in [0.5, 0.6) is 5.75 Å². The third-order valence-corrected chi connectivity index (χ3v) is 7.02. The Morgan fingerprint density at radius 1 is 0.963 bits per heavy atom. The summed E-state index contributed by atoms with van der Waals surface area (Å²) in [5, 5.41) is 6.23. The van der Waals surface area contributed by atoms with Crippen LogP contribution in [0.1, 0.15) is 16.9 Å². The molecular weight excluding hydrogens is 359 g/mol. The highest BCUT2D eigenvalue weighted by atomic mass is 31.2. The Bertz CT molecular complexity index is 1040. The molecule has 1 aliphatic rings. The largest absolute Gasteiger partial charge is 0.438 e. The van der Waals surface area contributed by atoms with Crippen molar-refractivity contribution in [1.82, 2.24) is 5.32 Å². The van der Waals surface area contributed by atoms with E-state index in [1.54, 1.807) is 18.2 Å². The average molecular weight is 378 g/mol. The molecule has 1 heterocycles. The Kier molecular flexibility index (Phi) is 4.46. The SMILES string of the molecule is Cc1cccc(NC(=O)N[C@@H]2c3ccccc3O[P@@]2(=O)c2ccccc2)c1. The summed E-state index contributed by atoms with van der Waals surface area (Å²) in [7, 11) is -3.35. The summed E-state index contributed by atoms with van der Waals surface area (Å²) in [6, 6.07) is 23.3. The molecule has 5 nitrogen and oxygen atoms in total. The van der Waals surface area contributed by atoms with Gasteiger partial charge in [0.25, 0.3) is 0 Å². The molecule has 2 atom stereocenters. The molecule has 4 rings (SSSR count). The molecule has 0 aromatic heterocycles. The molecule has 0 aliphatic carbocycles. The molecule has 1 aliphatic heterocycles. The van der Waals surface area contributed by atoms with Crippen molar-refractivity contribution in [3.63, 3.8) is 0 Å². The molecule has 0 fully saturated rings. The minimum atomic E-state index is -3.35. The second-order valence-electron chi connectivity index (χ2n) is 6.43. The standard InChI is InChI=1S/C21H19N2O3P/c1-15-8-7-9-16(14-15)22-21(24)23-20-18-12-5-6-13-19(18)26-27(20,25)17-10-3-2-4-11-17/h2-14,20H,1H3,(H2,22,23,24)/t20-,27-/m0/s1. The number of carbonyl (C=O) groups is 1. The fourth-order valence-corrected chi connectivity index (χ4v) is 5.61. The van der Waals surface area contributed by atoms with E-state index in [1.165, 1.54) is 0 Å². The summed E-state index contributed by atoms with van der Waals surface area (Å²) < 4.78 is 19.7. The summed E-state index contributed by atoms with van der Waals surface area (Å²) in [6.07, 6.45) is 0. The van der Waals surface area contributed by atoms with Crippen LogP contribution in [0.25, 0.3) is 0 Å². The summed E-state index contributed by atoms with van der Waals surface area (Å²) in [5.74, 6) is -0.216. The van der Waals surface area contributed by atoms with Gasteiger partial charge in [0.2, 0.25) is 0 Å². The van der Waals surface area contributed by atoms with Gasteiger partial charge in [-0.2, -0.15) is 0 Å². The molecule has 2 N–H and O–H groups in total. The van der Waals surface area contributed by atoms with Gasteiger partial charge in [0, 0.05) is 11.3 Å². The van der Waals surface area contributed by atoms with Gasteiger partial charge < -0.3 is 15.2 Å². The van der Waals surface area contributed by atoms with E-state index in [0.717, 1.165) is 5.56 Å². The fraction of sp³-hybridized carbons (Fsp3) is 0.0952. The number of para-hydroxylation sites is 1. The number of carbonyl (C=O) groups excluding carboxylic acids is 1. The van der Waals surface area contributed by atoms with Crippen LogP contribution in [0.2, 0.25) is 0 Å². The number of benzene rings is 3. The number of nitrogens with one attached hydrogen (secondary N) is 2. The molecule has 0 radical (unpaired) electrons. The second kappa shape index (κ2) is 6.93. The highest BCUT2D eigenvalue weighted by Gasteiger charge is 2.46. The monoisotopic (exact) mass is 378 g/mol. The lowest BCUT2D eigenvalue weighted by molar-refractivity contribution is 0.251. The van der Waals surface area contributed by atoms with Crippen LogP contribution >= 0.6 is 7.37 Å². The zero-order chi connectivity index (χ0) is 18.9. The minimum Gasteiger partial charge on any atom is -0.438 e. The van der Waals surface area contributed by atoms with Gasteiger partial charge in [-0.15, -0.1) is 0 Å². The third kappa shape index (κ3) is 3.34. The number of aryl methyl sites for hydroxylation is 1. The number of fused-ring (bicyclic) bond motifs is 1. The maximum Gasteiger partial charge on any atom is 0.320 e. The predicted octanol–water partition coefficient (Wildman–Crippen LogP) is 4.81. The van der Waals surface area contributed by atoms with Crippen LogP contribution in [0, 0.1) is 6.92 Å². The molecule has 136 valence electrons. The first-order valence-electron chi connectivity index (χ1n) is 8.64. The van der Waals surface area contributed by atoms with Gasteiger partial charge in [0.05, 0.1) is 5.30 Å². The lowest BCUT2D eigenvalue weighted by Crippen LogP contribution is -2.33. The molecule has 2 amide bonds. The van der Waals surface area contributed by atoms with Crippen molar-refractivity contribution >= 4 is 24.4 Å². The van der Waals surface area contributed by atoms with Crippen molar-refractivity contribution in [3.8, 4) is 5.75 Å². The Hall–Kier alpha value is -3.04. The van der Waals surface area contributed by atoms with Crippen LogP contribution in [0.15, 0.2) is 78.9 Å². The van der Waals surface area contributed by atoms with Crippen LogP contribution in [0.3, 0.4) is 0 Å². The van der Waals surface area contributed by atoms with Crippen molar-refractivity contribution < 1.29 is 13.9 Å². The molecule has 3 aromatic rings. The number of rotatable bonds is 3. The average Bonchev–Trinajstić information content (AvgIpc) is 2.95. The Labute approximate surface area is 157 Å². The molecule has 0 saturated heterocycles. The molecular formula is C21H19N2O3P. The molecule has 0 saturated carbocycles. The Morgan fingerprint density at radius 3 is 2.48 bits per heavy atom. The van der Waals surface area contributed by atoms with E-state index < -0.39 is 19.2 Å². The molecule has 0 unspecified atom stereocenters. The van der Waals surface area contributed by atoms with Gasteiger partial charge in [0.1, 0.15) is 5.75 Å². The van der Waals surface area contributed by atoms with Crippen LogP contribution < -0.4 is 20.5 Å². The van der Waals surface area contributed by atoms with E-state index in [9.17, 15) is 9.36 Å². The Balaban J connectivity index is 1.65. The maximum absolute atomic E-state index is 13.8. The van der Waals surface area contributed by atoms with E-state index in [-0.39, 0.29) is 0 Å². The van der Waals surface area contributed by atoms with Crippen LogP contribution in [0.4, 0.5) is 10.5 Å². The van der Waals surface area contributed by atoms with E-state index in [2.05, 4.69) is 10.6 Å². The van der Waals surface area contributed by atoms with Gasteiger partial charge in [-0.1, -0.05) is 48.5 Å². The van der Waals surface area contributed by atoms with Crippen LogP contribution in [-0.2, 0) is 4.57 Å². The summed E-state index contributed by atoms with van der Waals surface area (Å²) >= 11 is 0. The Morgan fingerprint density at radius 2 is 1.70 bits per heavy atom. The quantitative estimate of drug-likeness (QED) is 0.643. The van der Waals surface area contributed by atoms with Crippen molar-refractivity contribution in [1.29, 1.82) is 0 Å². The molecule has 0 bridgehead atoms. The van der Waals surface area contributed by atoms with Gasteiger partial charge in [-0.05, 0) is 42.8 Å².